The number of aliphatic carboxylic acids is 2. The predicted molar refractivity (Wildman–Crippen MR) is 264 cm³/mol. The van der Waals surface area contributed by atoms with Crippen molar-refractivity contribution in [2.45, 2.75) is 230 Å². The summed E-state index contributed by atoms with van der Waals surface area (Å²) in [5.41, 5.74) is 1.52. The second-order valence-corrected chi connectivity index (χ2v) is 31.6. The van der Waals surface area contributed by atoms with Gasteiger partial charge in [-0.2, -0.15) is 0 Å². The highest BCUT2D eigenvalue weighted by atomic mass is 28.4. The lowest BCUT2D eigenvalue weighted by Crippen LogP contribution is -2.63. The van der Waals surface area contributed by atoms with Crippen LogP contribution in [0.3, 0.4) is 0 Å². The molecule has 0 heterocycles. The molecule has 8 rings (SSSR count). The molecule has 6 nitrogen and oxygen atoms in total. The molecular weight excluding hydrogens is 809 g/mol. The van der Waals surface area contributed by atoms with Gasteiger partial charge in [-0.05, 0) is 226 Å². The lowest BCUT2D eigenvalue weighted by molar-refractivity contribution is -0.198. The van der Waals surface area contributed by atoms with E-state index in [1.807, 2.05) is 0 Å². The van der Waals surface area contributed by atoms with E-state index in [1.165, 1.54) is 96.3 Å². The molecule has 0 aromatic heterocycles. The van der Waals surface area contributed by atoms with Crippen LogP contribution in [-0.2, 0) is 14.0 Å². The van der Waals surface area contributed by atoms with Gasteiger partial charge in [-0.3, -0.25) is 9.59 Å². The molecular formula is C57H100O6Si. The van der Waals surface area contributed by atoms with Gasteiger partial charge in [-0.15, -0.1) is 0 Å². The van der Waals surface area contributed by atoms with Crippen LogP contribution in [0.2, 0.25) is 19.6 Å². The summed E-state index contributed by atoms with van der Waals surface area (Å²) < 4.78 is 7.27. The van der Waals surface area contributed by atoms with Gasteiger partial charge in [0.15, 0.2) is 8.32 Å². The van der Waals surface area contributed by atoms with Crippen LogP contribution in [0.4, 0.5) is 0 Å². The van der Waals surface area contributed by atoms with Gasteiger partial charge in [0.1, 0.15) is 0 Å². The molecule has 8 aliphatic carbocycles. The van der Waals surface area contributed by atoms with Crippen LogP contribution in [0.15, 0.2) is 0 Å². The molecule has 0 bridgehead atoms. The van der Waals surface area contributed by atoms with Crippen LogP contribution in [0, 0.1) is 116 Å². The quantitative estimate of drug-likeness (QED) is 0.169. The fourth-order valence-electron chi connectivity index (χ4n) is 19.9. The monoisotopic (exact) mass is 909 g/mol. The number of carbonyl (C=O) groups is 2. The first kappa shape index (κ1) is 50.9. The van der Waals surface area contributed by atoms with E-state index in [1.54, 1.807) is 0 Å². The Bertz CT molecular complexity index is 1630. The summed E-state index contributed by atoms with van der Waals surface area (Å²) in [4.78, 5) is 22.4. The molecule has 0 aliphatic heterocycles. The van der Waals surface area contributed by atoms with Crippen molar-refractivity contribution in [1.29, 1.82) is 0 Å². The van der Waals surface area contributed by atoms with Crippen molar-refractivity contribution in [1.82, 2.24) is 0 Å². The number of fused-ring (bicyclic) bond motifs is 10. The van der Waals surface area contributed by atoms with Crippen LogP contribution in [0.25, 0.3) is 0 Å². The van der Waals surface area contributed by atoms with E-state index in [0.717, 1.165) is 48.9 Å². The van der Waals surface area contributed by atoms with Crippen LogP contribution in [0.5, 0.6) is 0 Å². The maximum atomic E-state index is 11.8. The molecule has 0 aromatic rings. The minimum Gasteiger partial charge on any atom is -0.481 e. The van der Waals surface area contributed by atoms with Crippen molar-refractivity contribution in [2.24, 2.45) is 116 Å². The van der Waals surface area contributed by atoms with Gasteiger partial charge < -0.3 is 19.7 Å². The minimum absolute atomic E-state index is 0.138. The Hall–Kier alpha value is -0.923. The second kappa shape index (κ2) is 19.1. The Morgan fingerprint density at radius 2 is 0.969 bits per heavy atom. The number of aliphatic hydroxyl groups is 1. The molecule has 0 radical (unpaired) electrons. The summed E-state index contributed by atoms with van der Waals surface area (Å²) in [6.07, 6.45) is 23.5. The first-order valence-electron chi connectivity index (χ1n) is 27.7. The average molecular weight is 910 g/mol. The van der Waals surface area contributed by atoms with E-state index < -0.39 is 20.3 Å². The van der Waals surface area contributed by atoms with Gasteiger partial charge >= 0.3 is 11.9 Å². The zero-order valence-corrected chi connectivity index (χ0v) is 44.6. The largest absolute Gasteiger partial charge is 0.481 e. The molecule has 7 heteroatoms. The zero-order chi connectivity index (χ0) is 46.9. The molecule has 22 atom stereocenters. The van der Waals surface area contributed by atoms with Crippen molar-refractivity contribution in [3.63, 3.8) is 0 Å². The molecule has 0 saturated heterocycles. The van der Waals surface area contributed by atoms with Crippen molar-refractivity contribution < 1.29 is 29.3 Å². The summed E-state index contributed by atoms with van der Waals surface area (Å²) in [7, 11) is -1.67. The first-order valence-corrected chi connectivity index (χ1v) is 31.1. The summed E-state index contributed by atoms with van der Waals surface area (Å²) in [5.74, 6) is 9.30. The second-order valence-electron chi connectivity index (χ2n) is 27.2. The molecule has 8 fully saturated rings. The highest BCUT2D eigenvalue weighted by Crippen LogP contribution is 2.72. The van der Waals surface area contributed by atoms with E-state index >= 15 is 0 Å². The number of hydrogen-bond acceptors (Lipinski definition) is 4. The molecule has 0 aromatic carbocycles. The van der Waals surface area contributed by atoms with Crippen molar-refractivity contribution in [3.05, 3.63) is 0 Å². The van der Waals surface area contributed by atoms with Crippen molar-refractivity contribution in [3.8, 4) is 0 Å². The minimum atomic E-state index is -1.67. The molecule has 64 heavy (non-hydrogen) atoms. The maximum absolute atomic E-state index is 11.8. The molecule has 0 amide bonds. The molecule has 368 valence electrons. The number of rotatable bonds is 12. The maximum Gasteiger partial charge on any atom is 0.303 e. The van der Waals surface area contributed by atoms with Crippen LogP contribution >= 0.6 is 0 Å². The van der Waals surface area contributed by atoms with Gasteiger partial charge in [0.05, 0.1) is 12.2 Å². The average Bonchev–Trinajstić information content (AvgIpc) is 3.77. The molecule has 0 unspecified atom stereocenters. The number of carboxylic acid groups (broad SMARTS) is 2. The van der Waals surface area contributed by atoms with Crippen molar-refractivity contribution >= 4 is 20.3 Å². The summed E-state index contributed by atoms with van der Waals surface area (Å²) >= 11 is 0. The summed E-state index contributed by atoms with van der Waals surface area (Å²) in [6.45, 7) is 31.9. The Kier molecular flexibility index (Phi) is 15.2. The third-order valence-corrected chi connectivity index (χ3v) is 23.9. The van der Waals surface area contributed by atoms with Gasteiger partial charge in [0.2, 0.25) is 0 Å². The Morgan fingerprint density at radius 3 is 1.39 bits per heavy atom. The highest BCUT2D eigenvalue weighted by Gasteiger charge is 2.67. The van der Waals surface area contributed by atoms with Crippen molar-refractivity contribution in [2.75, 3.05) is 0 Å². The molecule has 8 aliphatic rings. The number of hydrogen-bond donors (Lipinski definition) is 3. The van der Waals surface area contributed by atoms with Gasteiger partial charge in [0.25, 0.3) is 0 Å². The van der Waals surface area contributed by atoms with E-state index in [-0.39, 0.29) is 11.5 Å². The van der Waals surface area contributed by atoms with E-state index in [4.69, 9.17) is 4.43 Å². The van der Waals surface area contributed by atoms with E-state index in [2.05, 4.69) is 88.9 Å². The molecule has 3 N–H and O–H groups in total. The van der Waals surface area contributed by atoms with Crippen LogP contribution in [0.1, 0.15) is 198 Å². The predicted octanol–water partition coefficient (Wildman–Crippen LogP) is 14.6. The summed E-state index contributed by atoms with van der Waals surface area (Å²) in [6, 6.07) is 0. The summed E-state index contributed by atoms with van der Waals surface area (Å²) in [5, 5.41) is 30.3. The number of carboxylic acids is 2. The van der Waals surface area contributed by atoms with E-state index in [0.29, 0.717) is 100 Å². The number of aliphatic hydroxyl groups excluding tert-OH is 1. The Balaban J connectivity index is 0.000000193. The topological polar surface area (TPSA) is 104 Å². The van der Waals surface area contributed by atoms with E-state index in [9.17, 15) is 24.9 Å². The third-order valence-electron chi connectivity index (χ3n) is 23.0. The smallest absolute Gasteiger partial charge is 0.303 e. The lowest BCUT2D eigenvalue weighted by Gasteiger charge is -2.66. The Labute approximate surface area is 393 Å². The fourth-order valence-corrected chi connectivity index (χ4v) is 21.1. The fraction of sp³-hybridized carbons (Fsp3) is 0.965. The standard InChI is InChI=1S/C30H54O3Si.C27H46O3/c1-9-21-25-18-19(2)14-16-30(25,5)24-15-17-29(4)22(20(3)10-13-26(31)32)11-12-23(29)27(24)28(21)33-34(6,7)8;1-6-18-22-15-16(2)11-13-27(22,5)21-12-14-26(4)19(17(3)7-10-23(28)29)8-9-20(26)24(21)25(18)30/h19-25,27-28H,9-18H2,1-8H3,(H,31,32);16-22,24-25,30H,6-15H2,1-5H3,(H,28,29)/t19-,20-,21-,22-,23+,24+,25+,27+,28-,29-,30-;16-,17-,18-,19-,20+,21+,22+,24+,25-,26-,27-/m11/s1. The Morgan fingerprint density at radius 1 is 0.578 bits per heavy atom. The first-order chi connectivity index (χ1) is 29.9. The third kappa shape index (κ3) is 9.05. The van der Waals surface area contributed by atoms with Crippen LogP contribution < -0.4 is 0 Å². The zero-order valence-electron chi connectivity index (χ0n) is 43.6. The SMILES string of the molecule is CC[C@H]1[C@@H](O)[C@@H]2[C@H](CC[C@]3(C)[C@@H]([C@H](C)CCC(=O)O)CC[C@@H]23)[C@@]2(C)CC[C@@H](C)C[C@@H]12.CC[C@H]1[C@@H](O[Si](C)(C)C)[C@@H]2[C@H](CC[C@]3(C)[C@@H]([C@H](C)CCC(=O)O)CC[C@@H]23)[C@@]2(C)CC[C@@H](C)C[C@@H]12. The molecule has 0 spiro atoms. The van der Waals surface area contributed by atoms with Crippen LogP contribution in [-0.4, -0.2) is 47.8 Å². The molecule has 8 saturated carbocycles. The lowest BCUT2D eigenvalue weighted by atomic mass is 9.41. The van der Waals surface area contributed by atoms with Gasteiger partial charge in [-0.25, -0.2) is 0 Å². The normalized spacial score (nSPS) is 49.3. The van der Waals surface area contributed by atoms with Gasteiger partial charge in [-0.1, -0.05) is 94.9 Å². The van der Waals surface area contributed by atoms with Gasteiger partial charge in [0, 0.05) is 12.8 Å². The highest BCUT2D eigenvalue weighted by molar-refractivity contribution is 6.69.